The molecule has 2 aromatic rings. The summed E-state index contributed by atoms with van der Waals surface area (Å²) in [5.74, 6) is 0.812. The Hall–Kier alpha value is -2.34. The van der Waals surface area contributed by atoms with Gasteiger partial charge in [0, 0.05) is 32.4 Å². The molecule has 0 aliphatic carbocycles. The van der Waals surface area contributed by atoms with Crippen molar-refractivity contribution in [2.24, 2.45) is 0 Å². The molecule has 1 heterocycles. The Labute approximate surface area is 130 Å². The molecule has 0 aliphatic rings. The Morgan fingerprint density at radius 2 is 2.14 bits per heavy atom. The highest BCUT2D eigenvalue weighted by Crippen LogP contribution is 2.17. The van der Waals surface area contributed by atoms with Crippen molar-refractivity contribution in [3.05, 3.63) is 54.1 Å². The van der Waals surface area contributed by atoms with Crippen LogP contribution in [0.2, 0.25) is 0 Å². The number of benzene rings is 1. The van der Waals surface area contributed by atoms with Gasteiger partial charge in [-0.15, -0.1) is 0 Å². The summed E-state index contributed by atoms with van der Waals surface area (Å²) in [6, 6.07) is 9.37. The molecule has 118 valence electrons. The SMILES string of the molecule is C[C@H](O)CN(C)C(=O)N[C@@H](Cc1ncc[nH]1)c1ccccc1. The van der Waals surface area contributed by atoms with Gasteiger partial charge in [-0.05, 0) is 12.5 Å². The minimum atomic E-state index is -0.559. The van der Waals surface area contributed by atoms with Crippen LogP contribution in [0.15, 0.2) is 42.7 Å². The number of rotatable bonds is 6. The van der Waals surface area contributed by atoms with Crippen molar-refractivity contribution in [1.82, 2.24) is 20.2 Å². The molecule has 0 unspecified atom stereocenters. The summed E-state index contributed by atoms with van der Waals surface area (Å²) in [7, 11) is 1.66. The first kappa shape index (κ1) is 16.0. The third kappa shape index (κ3) is 4.60. The molecule has 2 atom stereocenters. The lowest BCUT2D eigenvalue weighted by Crippen LogP contribution is -2.42. The summed E-state index contributed by atoms with van der Waals surface area (Å²) in [5.41, 5.74) is 1.01. The second-order valence-electron chi connectivity index (χ2n) is 5.38. The van der Waals surface area contributed by atoms with E-state index in [0.29, 0.717) is 6.42 Å². The number of aliphatic hydroxyl groups is 1. The van der Waals surface area contributed by atoms with Crippen LogP contribution in [0.1, 0.15) is 24.4 Å². The first-order valence-corrected chi connectivity index (χ1v) is 7.29. The van der Waals surface area contributed by atoms with Gasteiger partial charge in [0.25, 0.3) is 0 Å². The number of hydrogen-bond acceptors (Lipinski definition) is 3. The number of nitrogens with one attached hydrogen (secondary N) is 2. The van der Waals surface area contributed by atoms with E-state index in [2.05, 4.69) is 15.3 Å². The highest BCUT2D eigenvalue weighted by atomic mass is 16.3. The van der Waals surface area contributed by atoms with Crippen LogP contribution >= 0.6 is 0 Å². The average Bonchev–Trinajstić information content (AvgIpc) is 2.99. The van der Waals surface area contributed by atoms with Gasteiger partial charge in [-0.3, -0.25) is 0 Å². The van der Waals surface area contributed by atoms with E-state index in [4.69, 9.17) is 0 Å². The topological polar surface area (TPSA) is 81.2 Å². The number of imidazole rings is 1. The standard InChI is InChI=1S/C16H22N4O2/c1-12(21)11-20(2)16(22)19-14(10-15-17-8-9-18-15)13-6-4-3-5-7-13/h3-9,12,14,21H,10-11H2,1-2H3,(H,17,18)(H,19,22)/t12-,14-/m0/s1. The molecule has 2 amide bonds. The number of carbonyl (C=O) groups is 1. The zero-order chi connectivity index (χ0) is 15.9. The van der Waals surface area contributed by atoms with Crippen molar-refractivity contribution in [2.75, 3.05) is 13.6 Å². The highest BCUT2D eigenvalue weighted by molar-refractivity contribution is 5.74. The Kier molecular flexibility index (Phi) is 5.55. The van der Waals surface area contributed by atoms with E-state index in [-0.39, 0.29) is 18.6 Å². The van der Waals surface area contributed by atoms with Crippen LogP contribution < -0.4 is 5.32 Å². The van der Waals surface area contributed by atoms with Crippen LogP contribution in [0.4, 0.5) is 4.79 Å². The van der Waals surface area contributed by atoms with Gasteiger partial charge >= 0.3 is 6.03 Å². The van der Waals surface area contributed by atoms with E-state index < -0.39 is 6.10 Å². The third-order valence-electron chi connectivity index (χ3n) is 3.34. The number of amides is 2. The van der Waals surface area contributed by atoms with E-state index in [1.807, 2.05) is 30.3 Å². The summed E-state index contributed by atoms with van der Waals surface area (Å²) in [6.45, 7) is 1.94. The number of H-pyrrole nitrogens is 1. The number of aromatic amines is 1. The monoisotopic (exact) mass is 302 g/mol. The second kappa shape index (κ2) is 7.61. The zero-order valence-electron chi connectivity index (χ0n) is 12.9. The number of urea groups is 1. The van der Waals surface area contributed by atoms with Crippen LogP contribution in [-0.2, 0) is 6.42 Å². The minimum absolute atomic E-state index is 0.184. The predicted octanol–water partition coefficient (Wildman–Crippen LogP) is 1.72. The van der Waals surface area contributed by atoms with E-state index >= 15 is 0 Å². The van der Waals surface area contributed by atoms with Crippen molar-refractivity contribution in [2.45, 2.75) is 25.5 Å². The molecule has 0 radical (unpaired) electrons. The van der Waals surface area contributed by atoms with Gasteiger partial charge in [0.05, 0.1) is 12.1 Å². The Balaban J connectivity index is 2.09. The summed E-state index contributed by atoms with van der Waals surface area (Å²) in [4.78, 5) is 21.0. The van der Waals surface area contributed by atoms with Gasteiger partial charge in [-0.2, -0.15) is 0 Å². The number of hydrogen-bond donors (Lipinski definition) is 3. The predicted molar refractivity (Wildman–Crippen MR) is 84.3 cm³/mol. The summed E-state index contributed by atoms with van der Waals surface area (Å²) in [5, 5.41) is 12.4. The van der Waals surface area contributed by atoms with Gasteiger partial charge in [-0.25, -0.2) is 9.78 Å². The molecule has 2 rings (SSSR count). The van der Waals surface area contributed by atoms with Crippen molar-refractivity contribution < 1.29 is 9.90 Å². The smallest absolute Gasteiger partial charge is 0.317 e. The fourth-order valence-corrected chi connectivity index (χ4v) is 2.28. The summed E-state index contributed by atoms with van der Waals surface area (Å²) >= 11 is 0. The van der Waals surface area contributed by atoms with Crippen molar-refractivity contribution in [3.8, 4) is 0 Å². The summed E-state index contributed by atoms with van der Waals surface area (Å²) < 4.78 is 0. The molecule has 0 saturated carbocycles. The zero-order valence-corrected chi connectivity index (χ0v) is 12.9. The Bertz CT molecular complexity index is 569. The van der Waals surface area contributed by atoms with E-state index in [1.54, 1.807) is 26.4 Å². The molecule has 6 nitrogen and oxygen atoms in total. The molecule has 6 heteroatoms. The molecular formula is C16H22N4O2. The largest absolute Gasteiger partial charge is 0.392 e. The van der Waals surface area contributed by atoms with Crippen LogP contribution in [0.5, 0.6) is 0 Å². The van der Waals surface area contributed by atoms with Gasteiger partial charge in [-0.1, -0.05) is 30.3 Å². The first-order valence-electron chi connectivity index (χ1n) is 7.29. The molecule has 1 aromatic heterocycles. The molecule has 0 aliphatic heterocycles. The maximum Gasteiger partial charge on any atom is 0.317 e. The molecule has 3 N–H and O–H groups in total. The molecule has 0 fully saturated rings. The molecule has 0 bridgehead atoms. The molecule has 0 spiro atoms. The first-order chi connectivity index (χ1) is 10.6. The molecule has 1 aromatic carbocycles. The van der Waals surface area contributed by atoms with Crippen LogP contribution in [0.3, 0.4) is 0 Å². The lowest BCUT2D eigenvalue weighted by Gasteiger charge is -2.24. The van der Waals surface area contributed by atoms with Crippen LogP contribution in [0, 0.1) is 0 Å². The second-order valence-corrected chi connectivity index (χ2v) is 5.38. The number of likely N-dealkylation sites (N-methyl/N-ethyl adjacent to an activating group) is 1. The fraction of sp³-hybridized carbons (Fsp3) is 0.375. The van der Waals surface area contributed by atoms with E-state index in [9.17, 15) is 9.90 Å². The Morgan fingerprint density at radius 1 is 1.41 bits per heavy atom. The van der Waals surface area contributed by atoms with Crippen molar-refractivity contribution >= 4 is 6.03 Å². The molecular weight excluding hydrogens is 280 g/mol. The number of aromatic nitrogens is 2. The van der Waals surface area contributed by atoms with E-state index in [1.165, 1.54) is 4.90 Å². The average molecular weight is 302 g/mol. The van der Waals surface area contributed by atoms with Crippen LogP contribution in [-0.4, -0.2) is 45.7 Å². The normalized spacial score (nSPS) is 13.4. The highest BCUT2D eigenvalue weighted by Gasteiger charge is 2.19. The molecule has 22 heavy (non-hydrogen) atoms. The third-order valence-corrected chi connectivity index (χ3v) is 3.34. The van der Waals surface area contributed by atoms with Gasteiger partial charge in [0.15, 0.2) is 0 Å². The maximum atomic E-state index is 12.3. The number of carbonyl (C=O) groups excluding carboxylic acids is 1. The van der Waals surface area contributed by atoms with E-state index in [0.717, 1.165) is 11.4 Å². The lowest BCUT2D eigenvalue weighted by atomic mass is 10.0. The van der Waals surface area contributed by atoms with Gasteiger partial charge < -0.3 is 20.3 Å². The Morgan fingerprint density at radius 3 is 2.73 bits per heavy atom. The fourth-order valence-electron chi connectivity index (χ4n) is 2.28. The van der Waals surface area contributed by atoms with Gasteiger partial charge in [0.2, 0.25) is 0 Å². The summed E-state index contributed by atoms with van der Waals surface area (Å²) in [6.07, 6.45) is 3.47. The number of nitrogens with zero attached hydrogens (tertiary/aromatic N) is 2. The van der Waals surface area contributed by atoms with Crippen molar-refractivity contribution in [3.63, 3.8) is 0 Å². The van der Waals surface area contributed by atoms with Gasteiger partial charge in [0.1, 0.15) is 5.82 Å². The molecule has 0 saturated heterocycles. The van der Waals surface area contributed by atoms with Crippen molar-refractivity contribution in [1.29, 1.82) is 0 Å². The lowest BCUT2D eigenvalue weighted by molar-refractivity contribution is 0.142. The maximum absolute atomic E-state index is 12.3. The minimum Gasteiger partial charge on any atom is -0.392 e. The van der Waals surface area contributed by atoms with Crippen LogP contribution in [0.25, 0.3) is 0 Å². The quantitative estimate of drug-likeness (QED) is 0.760. The number of aliphatic hydroxyl groups excluding tert-OH is 1.